The van der Waals surface area contributed by atoms with Gasteiger partial charge in [0.25, 0.3) is 5.56 Å². The summed E-state index contributed by atoms with van der Waals surface area (Å²) >= 11 is 1.68. The molecule has 0 bridgehead atoms. The first-order valence-corrected chi connectivity index (χ1v) is 7.89. The molecule has 1 aromatic heterocycles. The minimum absolute atomic E-state index is 0.149. The highest BCUT2D eigenvalue weighted by molar-refractivity contribution is 14.1. The number of hydrogen-bond acceptors (Lipinski definition) is 7. The van der Waals surface area contributed by atoms with Gasteiger partial charge >= 0.3 is 17.6 Å². The van der Waals surface area contributed by atoms with Crippen LogP contribution < -0.4 is 11.2 Å². The Morgan fingerprint density at radius 1 is 1.38 bits per heavy atom. The van der Waals surface area contributed by atoms with Gasteiger partial charge in [0.2, 0.25) is 0 Å². The van der Waals surface area contributed by atoms with Crippen LogP contribution in [-0.2, 0) is 23.8 Å². The van der Waals surface area contributed by atoms with Gasteiger partial charge in [-0.1, -0.05) is 0 Å². The van der Waals surface area contributed by atoms with Crippen molar-refractivity contribution >= 4 is 34.5 Å². The molecule has 9 nitrogen and oxygen atoms in total. The molecule has 0 aliphatic carbocycles. The lowest BCUT2D eigenvalue weighted by Crippen LogP contribution is -2.38. The monoisotopic (exact) mass is 456 g/mol. The molecule has 0 radical (unpaired) electrons. The van der Waals surface area contributed by atoms with Crippen LogP contribution in [0.15, 0.2) is 15.8 Å². The number of nitrogens with zero attached hydrogens (tertiary/aromatic N) is 1. The van der Waals surface area contributed by atoms with E-state index in [2.05, 4.69) is 0 Å². The molecule has 1 saturated heterocycles. The normalized spacial score (nSPS) is 26.2. The van der Waals surface area contributed by atoms with Crippen LogP contribution in [0, 0.1) is 3.57 Å². The molecule has 0 unspecified atom stereocenters. The second-order valence-corrected chi connectivity index (χ2v) is 6.19. The number of aromatic nitrogens is 2. The molecule has 1 fully saturated rings. The second kappa shape index (κ2) is 7.42. The van der Waals surface area contributed by atoms with Crippen molar-refractivity contribution in [3.05, 3.63) is 30.6 Å². The Kier molecular flexibility index (Phi) is 5.74. The molecule has 0 aromatic carbocycles. The minimum atomic E-state index is -1.89. The minimum Gasteiger partial charge on any atom is -0.463 e. The number of ether oxygens (including phenoxy) is 3. The lowest BCUT2D eigenvalue weighted by molar-refractivity contribution is -0.156. The molecule has 24 heavy (non-hydrogen) atoms. The van der Waals surface area contributed by atoms with E-state index in [1.54, 1.807) is 22.6 Å². The van der Waals surface area contributed by atoms with E-state index in [1.165, 1.54) is 0 Å². The highest BCUT2D eigenvalue weighted by Gasteiger charge is 2.49. The van der Waals surface area contributed by atoms with E-state index >= 15 is 0 Å². The summed E-state index contributed by atoms with van der Waals surface area (Å²) in [6, 6.07) is 0. The first-order chi connectivity index (χ1) is 11.2. The number of H-pyrrole nitrogens is 1. The first kappa shape index (κ1) is 18.6. The maximum absolute atomic E-state index is 14.7. The zero-order chi connectivity index (χ0) is 18.0. The van der Waals surface area contributed by atoms with Crippen LogP contribution >= 0.6 is 22.6 Å². The molecule has 1 N–H and O–H groups in total. The summed E-state index contributed by atoms with van der Waals surface area (Å²) in [5.41, 5.74) is -1.49. The van der Waals surface area contributed by atoms with Gasteiger partial charge in [-0.15, -0.1) is 0 Å². The molecule has 132 valence electrons. The van der Waals surface area contributed by atoms with Crippen molar-refractivity contribution in [2.75, 3.05) is 6.61 Å². The number of hydrogen-bond donors (Lipinski definition) is 1. The van der Waals surface area contributed by atoms with Gasteiger partial charge in [-0.05, 0) is 22.6 Å². The van der Waals surface area contributed by atoms with Crippen LogP contribution in [0.5, 0.6) is 0 Å². The smallest absolute Gasteiger partial charge is 0.330 e. The number of carbonyl (C=O) groups is 2. The molecule has 0 saturated carbocycles. The fourth-order valence-corrected chi connectivity index (χ4v) is 2.67. The van der Waals surface area contributed by atoms with Crippen LogP contribution in [0.4, 0.5) is 4.39 Å². The molecular weight excluding hydrogens is 442 g/mol. The fourth-order valence-electron chi connectivity index (χ4n) is 2.23. The van der Waals surface area contributed by atoms with Crippen LogP contribution in [0.1, 0.15) is 20.1 Å². The fraction of sp³-hybridized carbons (Fsp3) is 0.538. The van der Waals surface area contributed by atoms with E-state index < -0.39 is 47.8 Å². The third-order valence-electron chi connectivity index (χ3n) is 3.22. The third kappa shape index (κ3) is 4.01. The Morgan fingerprint density at radius 3 is 2.62 bits per heavy atom. The highest BCUT2D eigenvalue weighted by Crippen LogP contribution is 2.33. The van der Waals surface area contributed by atoms with Gasteiger partial charge in [0.15, 0.2) is 18.5 Å². The van der Waals surface area contributed by atoms with E-state index in [-0.39, 0.29) is 10.2 Å². The van der Waals surface area contributed by atoms with Gasteiger partial charge in [0.05, 0.1) is 3.57 Å². The second-order valence-electron chi connectivity index (χ2n) is 5.03. The summed E-state index contributed by atoms with van der Waals surface area (Å²) in [4.78, 5) is 47.4. The number of halogens is 2. The van der Waals surface area contributed by atoms with Gasteiger partial charge in [-0.25, -0.2) is 9.18 Å². The first-order valence-electron chi connectivity index (χ1n) is 6.81. The van der Waals surface area contributed by atoms with Gasteiger partial charge < -0.3 is 14.2 Å². The van der Waals surface area contributed by atoms with Crippen molar-refractivity contribution in [3.8, 4) is 0 Å². The van der Waals surface area contributed by atoms with Crippen molar-refractivity contribution in [3.63, 3.8) is 0 Å². The van der Waals surface area contributed by atoms with E-state index in [9.17, 15) is 23.6 Å². The Hall–Kier alpha value is -1.76. The van der Waals surface area contributed by atoms with E-state index in [1.807, 2.05) is 4.98 Å². The molecule has 11 heteroatoms. The average Bonchev–Trinajstić information content (AvgIpc) is 2.77. The van der Waals surface area contributed by atoms with Crippen LogP contribution in [0.3, 0.4) is 0 Å². The standard InChI is InChI=1S/C13H14FIN2O7/c1-5(18)22-4-8-10(23-6(2)19)9(14)12(24-8)17-3-7(15)11(20)16-13(17)21/h3,8-10,12H,4H2,1-2H3,(H,16,20,21)/t8-,9+,10-,12-/m1/s1. The average molecular weight is 456 g/mol. The van der Waals surface area contributed by atoms with Crippen LogP contribution in [0.25, 0.3) is 0 Å². The number of nitrogens with one attached hydrogen (secondary N) is 1. The molecule has 0 spiro atoms. The molecule has 2 heterocycles. The van der Waals surface area contributed by atoms with Crippen molar-refractivity contribution in [1.82, 2.24) is 9.55 Å². The predicted molar refractivity (Wildman–Crippen MR) is 85.0 cm³/mol. The van der Waals surface area contributed by atoms with Crippen molar-refractivity contribution < 1.29 is 28.2 Å². The maximum Gasteiger partial charge on any atom is 0.330 e. The molecule has 4 atom stereocenters. The van der Waals surface area contributed by atoms with Gasteiger partial charge in [0.1, 0.15) is 12.7 Å². The SMILES string of the molecule is CC(=O)OC[C@H]1O[C@@H](n2cc(I)c(=O)[nH]c2=O)[C@@H](F)[C@@H]1OC(C)=O. The van der Waals surface area contributed by atoms with Gasteiger partial charge in [-0.3, -0.25) is 23.9 Å². The topological polar surface area (TPSA) is 117 Å². The number of carbonyl (C=O) groups excluding carboxylic acids is 2. The summed E-state index contributed by atoms with van der Waals surface area (Å²) in [6.45, 7) is 1.91. The Morgan fingerprint density at radius 2 is 2.04 bits per heavy atom. The zero-order valence-corrected chi connectivity index (χ0v) is 14.8. The molecular formula is C13H14FIN2O7. The largest absolute Gasteiger partial charge is 0.463 e. The maximum atomic E-state index is 14.7. The molecule has 1 aliphatic rings. The van der Waals surface area contributed by atoms with Crippen molar-refractivity contribution in [2.45, 2.75) is 38.5 Å². The number of aromatic amines is 1. The van der Waals surface area contributed by atoms with E-state index in [0.717, 1.165) is 24.6 Å². The van der Waals surface area contributed by atoms with Gasteiger partial charge in [0, 0.05) is 20.0 Å². The van der Waals surface area contributed by atoms with Crippen LogP contribution in [-0.4, -0.2) is 46.5 Å². The predicted octanol–water partition coefficient (Wildman–Crippen LogP) is -0.129. The summed E-state index contributed by atoms with van der Waals surface area (Å²) in [5, 5.41) is 0. The molecule has 0 amide bonds. The highest BCUT2D eigenvalue weighted by atomic mass is 127. The quantitative estimate of drug-likeness (QED) is 0.496. The lowest BCUT2D eigenvalue weighted by Gasteiger charge is -2.18. The Balaban J connectivity index is 2.33. The van der Waals surface area contributed by atoms with Crippen molar-refractivity contribution in [1.29, 1.82) is 0 Å². The van der Waals surface area contributed by atoms with Crippen LogP contribution in [0.2, 0.25) is 0 Å². The number of alkyl halides is 1. The summed E-state index contributed by atoms with van der Waals surface area (Å²) in [6.07, 6.45) is -4.64. The summed E-state index contributed by atoms with van der Waals surface area (Å²) < 4.78 is 30.8. The zero-order valence-electron chi connectivity index (χ0n) is 12.7. The third-order valence-corrected chi connectivity index (χ3v) is 3.99. The molecule has 1 aliphatic heterocycles. The summed E-state index contributed by atoms with van der Waals surface area (Å²) in [5.74, 6) is -1.36. The Bertz CT molecular complexity index is 761. The number of esters is 2. The molecule has 1 aromatic rings. The van der Waals surface area contributed by atoms with Gasteiger partial charge in [-0.2, -0.15) is 0 Å². The molecule has 2 rings (SSSR count). The van der Waals surface area contributed by atoms with E-state index in [0.29, 0.717) is 0 Å². The van der Waals surface area contributed by atoms with Crippen molar-refractivity contribution in [2.24, 2.45) is 0 Å². The van der Waals surface area contributed by atoms with E-state index in [4.69, 9.17) is 14.2 Å². The lowest BCUT2D eigenvalue weighted by atomic mass is 10.1. The Labute approximate surface area is 148 Å². The summed E-state index contributed by atoms with van der Waals surface area (Å²) in [7, 11) is 0. The number of rotatable bonds is 4.